The zero-order chi connectivity index (χ0) is 19.7. The highest BCUT2D eigenvalue weighted by atomic mass is 35.5. The molecule has 2 aliphatic heterocycles. The van der Waals surface area contributed by atoms with E-state index < -0.39 is 0 Å². The van der Waals surface area contributed by atoms with Crippen molar-refractivity contribution in [3.63, 3.8) is 0 Å². The maximum Gasteiger partial charge on any atom is 0.265 e. The second-order valence-corrected chi connectivity index (χ2v) is 10.2. The number of hydrogen-bond donors (Lipinski definition) is 0. The Hall–Kier alpha value is -1.44. The van der Waals surface area contributed by atoms with Gasteiger partial charge in [0.05, 0.1) is 14.9 Å². The summed E-state index contributed by atoms with van der Waals surface area (Å²) in [7, 11) is 0. The lowest BCUT2D eigenvalue weighted by atomic mass is 9.94. The maximum atomic E-state index is 13.0. The largest absolute Gasteiger partial charge is 0.342 e. The van der Waals surface area contributed by atoms with E-state index in [9.17, 15) is 9.59 Å². The Balaban J connectivity index is 1.39. The number of rotatable bonds is 3. The van der Waals surface area contributed by atoms with E-state index in [1.807, 2.05) is 28.9 Å². The molecular formula is C20H24ClN3O2S2. The molecule has 0 saturated carbocycles. The Kier molecular flexibility index (Phi) is 6.04. The molecule has 0 spiro atoms. The van der Waals surface area contributed by atoms with E-state index in [2.05, 4.69) is 4.98 Å². The number of carbonyl (C=O) groups is 2. The van der Waals surface area contributed by atoms with Gasteiger partial charge < -0.3 is 9.80 Å². The average Bonchev–Trinajstić information content (AvgIpc) is 3.33. The fourth-order valence-electron chi connectivity index (χ4n) is 3.98. The fourth-order valence-corrected chi connectivity index (χ4v) is 6.11. The number of aromatic nitrogens is 1. The summed E-state index contributed by atoms with van der Waals surface area (Å²) in [4.78, 5) is 35.9. The number of likely N-dealkylation sites (tertiary alicyclic amines) is 2. The van der Waals surface area contributed by atoms with Gasteiger partial charge in [0, 0.05) is 32.1 Å². The van der Waals surface area contributed by atoms with Crippen LogP contribution in [0.4, 0.5) is 0 Å². The van der Waals surface area contributed by atoms with Crippen molar-refractivity contribution in [2.45, 2.75) is 39.0 Å². The Morgan fingerprint density at radius 2 is 1.75 bits per heavy atom. The number of halogens is 1. The number of nitrogens with zero attached hydrogens (tertiary/aromatic N) is 3. The van der Waals surface area contributed by atoms with Gasteiger partial charge in [0.2, 0.25) is 5.91 Å². The van der Waals surface area contributed by atoms with Crippen LogP contribution < -0.4 is 0 Å². The van der Waals surface area contributed by atoms with Gasteiger partial charge >= 0.3 is 0 Å². The minimum Gasteiger partial charge on any atom is -0.342 e. The summed E-state index contributed by atoms with van der Waals surface area (Å²) in [6, 6.07) is 3.79. The van der Waals surface area contributed by atoms with E-state index in [0.29, 0.717) is 18.0 Å². The van der Waals surface area contributed by atoms with E-state index in [-0.39, 0.29) is 17.7 Å². The van der Waals surface area contributed by atoms with Gasteiger partial charge in [0.1, 0.15) is 9.88 Å². The Morgan fingerprint density at radius 1 is 1.04 bits per heavy atom. The predicted molar refractivity (Wildman–Crippen MR) is 114 cm³/mol. The number of aryl methyl sites for hydroxylation is 1. The number of carbonyl (C=O) groups excluding carboxylic acids is 2. The molecule has 2 fully saturated rings. The van der Waals surface area contributed by atoms with E-state index in [0.717, 1.165) is 58.7 Å². The minimum absolute atomic E-state index is 0.0350. The Labute approximate surface area is 178 Å². The van der Waals surface area contributed by atoms with Crippen LogP contribution in [0.5, 0.6) is 0 Å². The molecule has 0 aromatic carbocycles. The third kappa shape index (κ3) is 4.11. The number of thiazole rings is 1. The van der Waals surface area contributed by atoms with Crippen molar-refractivity contribution in [3.8, 4) is 9.88 Å². The zero-order valence-corrected chi connectivity index (χ0v) is 18.3. The van der Waals surface area contributed by atoms with Crippen molar-refractivity contribution in [3.05, 3.63) is 27.0 Å². The van der Waals surface area contributed by atoms with Gasteiger partial charge in [-0.2, -0.15) is 0 Å². The Morgan fingerprint density at radius 3 is 2.39 bits per heavy atom. The highest BCUT2D eigenvalue weighted by Crippen LogP contribution is 2.35. The van der Waals surface area contributed by atoms with Crippen LogP contribution in [0, 0.1) is 12.8 Å². The summed E-state index contributed by atoms with van der Waals surface area (Å²) in [6.45, 7) is 4.96. The summed E-state index contributed by atoms with van der Waals surface area (Å²) in [5.74, 6) is 0.388. The summed E-state index contributed by atoms with van der Waals surface area (Å²) >= 11 is 8.93. The molecule has 4 heterocycles. The molecule has 0 N–H and O–H groups in total. The van der Waals surface area contributed by atoms with Crippen LogP contribution in [-0.2, 0) is 4.79 Å². The lowest BCUT2D eigenvalue weighted by Crippen LogP contribution is -2.45. The van der Waals surface area contributed by atoms with Crippen LogP contribution in [0.3, 0.4) is 0 Å². The van der Waals surface area contributed by atoms with E-state index in [4.69, 9.17) is 11.6 Å². The molecule has 2 amide bonds. The Bertz CT molecular complexity index is 865. The normalized spacial score (nSPS) is 18.5. The quantitative estimate of drug-likeness (QED) is 0.699. The molecule has 8 heteroatoms. The molecular weight excluding hydrogens is 414 g/mol. The standard InChI is InChI=1S/C20H24ClN3O2S2/c1-13-17(28-18(22-13)15-5-6-16(21)27-15)20(26)24-11-7-14(8-12-24)19(25)23-9-3-2-4-10-23/h5-6,14H,2-4,7-12H2,1H3. The number of hydrogen-bond acceptors (Lipinski definition) is 5. The molecule has 2 aromatic rings. The molecule has 0 bridgehead atoms. The first-order valence-corrected chi connectivity index (χ1v) is 11.8. The molecule has 28 heavy (non-hydrogen) atoms. The molecule has 2 aliphatic rings. The summed E-state index contributed by atoms with van der Waals surface area (Å²) in [5, 5.41) is 0.841. The second kappa shape index (κ2) is 8.51. The highest BCUT2D eigenvalue weighted by molar-refractivity contribution is 7.24. The van der Waals surface area contributed by atoms with Crippen molar-refractivity contribution >= 4 is 46.1 Å². The SMILES string of the molecule is Cc1nc(-c2ccc(Cl)s2)sc1C(=O)N1CCC(C(=O)N2CCCCC2)CC1. The van der Waals surface area contributed by atoms with Crippen LogP contribution in [-0.4, -0.2) is 52.8 Å². The number of amides is 2. The highest BCUT2D eigenvalue weighted by Gasteiger charge is 2.32. The number of thiophene rings is 1. The molecule has 0 unspecified atom stereocenters. The molecule has 4 rings (SSSR count). The van der Waals surface area contributed by atoms with Crippen molar-refractivity contribution in [1.82, 2.24) is 14.8 Å². The van der Waals surface area contributed by atoms with Gasteiger partial charge in [-0.3, -0.25) is 9.59 Å². The molecule has 0 aliphatic carbocycles. The first-order chi connectivity index (χ1) is 13.5. The van der Waals surface area contributed by atoms with Crippen LogP contribution >= 0.6 is 34.3 Å². The third-order valence-electron chi connectivity index (χ3n) is 5.57. The van der Waals surface area contributed by atoms with Crippen molar-refractivity contribution in [2.75, 3.05) is 26.2 Å². The zero-order valence-electron chi connectivity index (χ0n) is 15.9. The monoisotopic (exact) mass is 437 g/mol. The molecule has 0 radical (unpaired) electrons. The van der Waals surface area contributed by atoms with Crippen LogP contribution in [0.2, 0.25) is 4.34 Å². The lowest BCUT2D eigenvalue weighted by Gasteiger charge is -2.35. The molecule has 2 saturated heterocycles. The van der Waals surface area contributed by atoms with Crippen LogP contribution in [0.1, 0.15) is 47.5 Å². The van der Waals surface area contributed by atoms with Crippen LogP contribution in [0.25, 0.3) is 9.88 Å². The first-order valence-electron chi connectivity index (χ1n) is 9.84. The number of piperidine rings is 2. The van der Waals surface area contributed by atoms with E-state index in [1.54, 1.807) is 0 Å². The van der Waals surface area contributed by atoms with Crippen molar-refractivity contribution in [2.24, 2.45) is 5.92 Å². The van der Waals surface area contributed by atoms with Gasteiger partial charge in [0.25, 0.3) is 5.91 Å². The molecule has 0 atom stereocenters. The average molecular weight is 438 g/mol. The van der Waals surface area contributed by atoms with Gasteiger partial charge in [-0.1, -0.05) is 11.6 Å². The minimum atomic E-state index is 0.0350. The summed E-state index contributed by atoms with van der Waals surface area (Å²) < 4.78 is 0.719. The van der Waals surface area contributed by atoms with E-state index >= 15 is 0 Å². The van der Waals surface area contributed by atoms with Crippen LogP contribution in [0.15, 0.2) is 12.1 Å². The first kappa shape index (κ1) is 19.9. The van der Waals surface area contributed by atoms with Crippen molar-refractivity contribution < 1.29 is 9.59 Å². The van der Waals surface area contributed by atoms with Gasteiger partial charge in [-0.05, 0) is 51.2 Å². The maximum absolute atomic E-state index is 13.0. The smallest absolute Gasteiger partial charge is 0.265 e. The summed E-state index contributed by atoms with van der Waals surface area (Å²) in [6.07, 6.45) is 4.97. The second-order valence-electron chi connectivity index (χ2n) is 7.49. The summed E-state index contributed by atoms with van der Waals surface area (Å²) in [5.41, 5.74) is 0.765. The molecule has 150 valence electrons. The van der Waals surface area contributed by atoms with Gasteiger partial charge in [-0.25, -0.2) is 4.98 Å². The van der Waals surface area contributed by atoms with Gasteiger partial charge in [0.15, 0.2) is 0 Å². The van der Waals surface area contributed by atoms with E-state index in [1.165, 1.54) is 29.1 Å². The molecule has 5 nitrogen and oxygen atoms in total. The third-order valence-corrected chi connectivity index (χ3v) is 8.12. The van der Waals surface area contributed by atoms with Gasteiger partial charge in [-0.15, -0.1) is 22.7 Å². The fraction of sp³-hybridized carbons (Fsp3) is 0.550. The predicted octanol–water partition coefficient (Wildman–Crippen LogP) is 4.70. The molecule has 2 aromatic heterocycles. The topological polar surface area (TPSA) is 53.5 Å². The lowest BCUT2D eigenvalue weighted by molar-refractivity contribution is -0.137. The van der Waals surface area contributed by atoms with Crippen molar-refractivity contribution in [1.29, 1.82) is 0 Å².